The van der Waals surface area contributed by atoms with Crippen LogP contribution in [0.2, 0.25) is 0 Å². The molecule has 2 N–H and O–H groups in total. The van der Waals surface area contributed by atoms with Crippen molar-refractivity contribution < 1.29 is 0 Å². The van der Waals surface area contributed by atoms with Crippen LogP contribution in [-0.4, -0.2) is 16.7 Å². The first-order valence-corrected chi connectivity index (χ1v) is 7.52. The number of hydrogen-bond donors (Lipinski definition) is 1. The maximum atomic E-state index is 10.7. The fraction of sp³-hybridized carbons (Fsp3) is 0.333. The van der Waals surface area contributed by atoms with E-state index in [9.17, 15) is 10.4 Å². The smallest absolute Gasteiger partial charge is 0.0837 e. The Bertz CT molecular complexity index is 133. The fourth-order valence-corrected chi connectivity index (χ4v) is 4.82. The summed E-state index contributed by atoms with van der Waals surface area (Å²) in [5, 5.41) is 21.1. The molecule has 0 aliphatic rings. The van der Waals surface area contributed by atoms with Crippen molar-refractivity contribution in [1.82, 2.24) is 9.67 Å². The standard InChI is InChI=1S/C3H10N3O2P3/c1-3(4)6(8)10-11-9-5(2)7/h9-11H,1,4H2,2H3/q-2. The molecule has 0 saturated heterocycles. The normalized spacial score (nSPS) is 13.5. The molecule has 3 unspecified atom stereocenters. The van der Waals surface area contributed by atoms with Gasteiger partial charge in [-0.1, -0.05) is 6.58 Å². The zero-order valence-electron chi connectivity index (χ0n) is 6.00. The van der Waals surface area contributed by atoms with E-state index in [2.05, 4.69) is 6.58 Å². The van der Waals surface area contributed by atoms with Gasteiger partial charge < -0.3 is 25.8 Å². The molecule has 0 amide bonds. The van der Waals surface area contributed by atoms with Crippen LogP contribution in [0.3, 0.4) is 0 Å². The number of rotatable bonds is 5. The summed E-state index contributed by atoms with van der Waals surface area (Å²) in [6.07, 6.45) is 0. The van der Waals surface area contributed by atoms with Gasteiger partial charge >= 0.3 is 0 Å². The molecule has 5 nitrogen and oxygen atoms in total. The Morgan fingerprint density at radius 3 is 2.36 bits per heavy atom. The van der Waals surface area contributed by atoms with Gasteiger partial charge in [0.2, 0.25) is 0 Å². The molecule has 0 fully saturated rings. The zero-order valence-corrected chi connectivity index (χ0v) is 9.00. The first-order chi connectivity index (χ1) is 5.04. The number of nitrogens with zero attached hydrogens (tertiary/aromatic N) is 2. The third-order valence-corrected chi connectivity index (χ3v) is 5.90. The Morgan fingerprint density at radius 2 is 2.00 bits per heavy atom. The molecule has 11 heavy (non-hydrogen) atoms. The van der Waals surface area contributed by atoms with Gasteiger partial charge in [0.15, 0.2) is 0 Å². The maximum absolute atomic E-state index is 10.7. The molecule has 3 atom stereocenters. The third-order valence-electron chi connectivity index (χ3n) is 0.632. The van der Waals surface area contributed by atoms with E-state index in [0.717, 1.165) is 4.83 Å². The van der Waals surface area contributed by atoms with Crippen molar-refractivity contribution in [1.29, 1.82) is 0 Å². The van der Waals surface area contributed by atoms with Crippen molar-refractivity contribution in [2.24, 2.45) is 5.73 Å². The Kier molecular flexibility index (Phi) is 6.36. The molecule has 66 valence electrons. The Hall–Kier alpha value is 0.510. The van der Waals surface area contributed by atoms with E-state index in [0.29, 0.717) is 12.8 Å². The second-order valence-corrected chi connectivity index (χ2v) is 7.71. The Labute approximate surface area is 70.8 Å². The largest absolute Gasteiger partial charge is 0.782 e. The lowest BCUT2D eigenvalue weighted by Crippen LogP contribution is -2.09. The summed E-state index contributed by atoms with van der Waals surface area (Å²) in [7, 11) is 1.94. The van der Waals surface area contributed by atoms with Gasteiger partial charge in [-0.25, -0.2) is 0 Å². The van der Waals surface area contributed by atoms with Crippen LogP contribution in [-0.2, 0) is 0 Å². The van der Waals surface area contributed by atoms with Crippen molar-refractivity contribution in [2.45, 2.75) is 0 Å². The molecule has 0 aromatic carbocycles. The first-order valence-electron chi connectivity index (χ1n) is 2.63. The van der Waals surface area contributed by atoms with Crippen molar-refractivity contribution in [3.8, 4) is 0 Å². The number of hydroxylamine groups is 2. The SMILES string of the molecule is C=C(N)N([O-])PPPN(C)[O-]. The molecule has 0 rings (SSSR count). The first kappa shape index (κ1) is 11.5. The van der Waals surface area contributed by atoms with E-state index in [-0.39, 0.29) is 22.7 Å². The van der Waals surface area contributed by atoms with Crippen molar-refractivity contribution in [3.05, 3.63) is 22.8 Å². The van der Waals surface area contributed by atoms with Crippen LogP contribution in [0.4, 0.5) is 0 Å². The van der Waals surface area contributed by atoms with Crippen LogP contribution in [0.5, 0.6) is 0 Å². The zero-order chi connectivity index (χ0) is 8.85. The molecule has 0 aromatic rings. The van der Waals surface area contributed by atoms with Crippen molar-refractivity contribution >= 4 is 24.8 Å². The summed E-state index contributed by atoms with van der Waals surface area (Å²) >= 11 is 0. The molecule has 0 saturated carbocycles. The van der Waals surface area contributed by atoms with Crippen LogP contribution in [0, 0.1) is 10.4 Å². The van der Waals surface area contributed by atoms with Crippen molar-refractivity contribution in [3.63, 3.8) is 0 Å². The Balaban J connectivity index is 3.31. The van der Waals surface area contributed by atoms with Gasteiger partial charge in [0.1, 0.15) is 0 Å². The molecule has 0 spiro atoms. The van der Waals surface area contributed by atoms with Gasteiger partial charge in [-0.3, -0.25) is 0 Å². The number of hydrogen-bond acceptors (Lipinski definition) is 5. The summed E-state index contributed by atoms with van der Waals surface area (Å²) in [6, 6.07) is 0. The van der Waals surface area contributed by atoms with E-state index in [1.54, 1.807) is 0 Å². The van der Waals surface area contributed by atoms with E-state index < -0.39 is 0 Å². The topological polar surface area (TPSA) is 78.6 Å². The summed E-state index contributed by atoms with van der Waals surface area (Å²) in [4.78, 5) is 1.44. The fourth-order valence-electron chi connectivity index (χ4n) is 0.226. The lowest BCUT2D eigenvalue weighted by atomic mass is 10.9. The van der Waals surface area contributed by atoms with Crippen LogP contribution < -0.4 is 5.73 Å². The number of nitrogens with two attached hydrogens (primary N) is 1. The minimum absolute atomic E-state index is 0.00850. The molecule has 0 bridgehead atoms. The summed E-state index contributed by atoms with van der Waals surface area (Å²) in [6.45, 7) is 3.27. The van der Waals surface area contributed by atoms with E-state index >= 15 is 0 Å². The molecular formula is C3H10N3O2P3-2. The lowest BCUT2D eigenvalue weighted by molar-refractivity contribution is 0.763. The summed E-state index contributed by atoms with van der Waals surface area (Å²) in [5.74, 6) is 0.00850. The second-order valence-electron chi connectivity index (χ2n) is 1.63. The van der Waals surface area contributed by atoms with Crippen molar-refractivity contribution in [2.75, 3.05) is 7.05 Å². The monoisotopic (exact) mass is 213 g/mol. The van der Waals surface area contributed by atoms with Gasteiger partial charge in [-0.05, 0) is 31.8 Å². The molecule has 0 heterocycles. The highest BCUT2D eigenvalue weighted by molar-refractivity contribution is 8.42. The van der Waals surface area contributed by atoms with E-state index in [1.807, 2.05) is 0 Å². The predicted octanol–water partition coefficient (Wildman–Crippen LogP) is 1.34. The Morgan fingerprint density at radius 1 is 1.45 bits per heavy atom. The van der Waals surface area contributed by atoms with Crippen LogP contribution >= 0.6 is 24.8 Å². The lowest BCUT2D eigenvalue weighted by Gasteiger charge is -2.30. The molecular weight excluding hydrogens is 203 g/mol. The highest BCUT2D eigenvalue weighted by Gasteiger charge is 1.90. The van der Waals surface area contributed by atoms with Crippen LogP contribution in [0.1, 0.15) is 0 Å². The molecule has 0 aliphatic heterocycles. The minimum Gasteiger partial charge on any atom is -0.782 e. The second kappa shape index (κ2) is 6.07. The molecule has 0 aliphatic carbocycles. The van der Waals surface area contributed by atoms with E-state index in [1.165, 1.54) is 7.05 Å². The van der Waals surface area contributed by atoms with Crippen LogP contribution in [0.15, 0.2) is 12.4 Å². The van der Waals surface area contributed by atoms with Gasteiger partial charge in [-0.2, -0.15) is 0 Å². The highest BCUT2D eigenvalue weighted by atomic mass is 32.4. The average molecular weight is 213 g/mol. The molecule has 8 heteroatoms. The van der Waals surface area contributed by atoms with Gasteiger partial charge in [0.05, 0.1) is 5.82 Å². The summed E-state index contributed by atoms with van der Waals surface area (Å²) < 4.78 is 0. The van der Waals surface area contributed by atoms with Crippen LogP contribution in [0.25, 0.3) is 0 Å². The van der Waals surface area contributed by atoms with E-state index in [4.69, 9.17) is 5.73 Å². The minimum atomic E-state index is 0.00850. The molecule has 0 aromatic heterocycles. The molecule has 0 radical (unpaired) electrons. The van der Waals surface area contributed by atoms with Gasteiger partial charge in [0, 0.05) is 0 Å². The maximum Gasteiger partial charge on any atom is 0.0837 e. The van der Waals surface area contributed by atoms with Gasteiger partial charge in [0.25, 0.3) is 0 Å². The average Bonchev–Trinajstić information content (AvgIpc) is 1.86. The highest BCUT2D eigenvalue weighted by Crippen LogP contribution is 2.55. The predicted molar refractivity (Wildman–Crippen MR) is 54.6 cm³/mol. The summed E-state index contributed by atoms with van der Waals surface area (Å²) in [5.41, 5.74) is 5.09. The van der Waals surface area contributed by atoms with Gasteiger partial charge in [-0.15, -0.1) is 0 Å². The third kappa shape index (κ3) is 6.89. The quantitative estimate of drug-likeness (QED) is 0.550.